The number of pyridine rings is 1. The lowest BCUT2D eigenvalue weighted by atomic mass is 10.1. The third-order valence-electron chi connectivity index (χ3n) is 8.42. The van der Waals surface area contributed by atoms with Crippen LogP contribution in [0.15, 0.2) is 35.8 Å². The van der Waals surface area contributed by atoms with Crippen LogP contribution in [-0.4, -0.2) is 83.1 Å². The standard InChI is InChI=1S/C30H40N6O2S/c37-20-24-9-6-22-5-3-10-32-28(22)29(24)36-15-4-14-35(17-18-36)26(25-21-39-30(33-25)23-7-8-23)19-27(38)31-11-16-34-12-1-2-13-34/h3,5-6,9-10,21,23,26,37H,1-2,4,7-8,11-20H2,(H,31,38). The fourth-order valence-corrected chi connectivity index (χ4v) is 7.16. The molecule has 39 heavy (non-hydrogen) atoms. The lowest BCUT2D eigenvalue weighted by molar-refractivity contribution is -0.122. The number of nitrogens with one attached hydrogen (secondary N) is 1. The van der Waals surface area contributed by atoms with Gasteiger partial charge in [-0.3, -0.25) is 14.7 Å². The van der Waals surface area contributed by atoms with E-state index in [0.717, 1.165) is 80.1 Å². The van der Waals surface area contributed by atoms with Gasteiger partial charge >= 0.3 is 0 Å². The number of aromatic nitrogens is 2. The van der Waals surface area contributed by atoms with E-state index in [0.29, 0.717) is 18.9 Å². The van der Waals surface area contributed by atoms with E-state index in [1.54, 1.807) is 11.3 Å². The van der Waals surface area contributed by atoms with Gasteiger partial charge < -0.3 is 20.2 Å². The van der Waals surface area contributed by atoms with Crippen LogP contribution < -0.4 is 10.2 Å². The van der Waals surface area contributed by atoms with Crippen LogP contribution in [0.2, 0.25) is 0 Å². The first-order valence-electron chi connectivity index (χ1n) is 14.6. The second kappa shape index (κ2) is 12.3. The van der Waals surface area contributed by atoms with Crippen molar-refractivity contribution < 1.29 is 9.90 Å². The first-order chi connectivity index (χ1) is 19.2. The Bertz CT molecular complexity index is 1270. The zero-order valence-electron chi connectivity index (χ0n) is 22.7. The summed E-state index contributed by atoms with van der Waals surface area (Å²) in [6.45, 7) is 7.37. The summed E-state index contributed by atoms with van der Waals surface area (Å²) in [4.78, 5) is 30.2. The van der Waals surface area contributed by atoms with Gasteiger partial charge in [-0.1, -0.05) is 18.2 Å². The number of amides is 1. The average Bonchev–Trinajstić information content (AvgIpc) is 3.55. The van der Waals surface area contributed by atoms with Crippen molar-refractivity contribution >= 4 is 33.8 Å². The van der Waals surface area contributed by atoms with Crippen LogP contribution in [0, 0.1) is 0 Å². The molecule has 3 fully saturated rings. The molecule has 2 aliphatic heterocycles. The molecule has 0 bridgehead atoms. The van der Waals surface area contributed by atoms with Crippen molar-refractivity contribution in [2.45, 2.75) is 57.1 Å². The molecule has 8 nitrogen and oxygen atoms in total. The van der Waals surface area contributed by atoms with Crippen molar-refractivity contribution in [2.75, 3.05) is 57.3 Å². The maximum atomic E-state index is 13.2. The molecule has 1 unspecified atom stereocenters. The summed E-state index contributed by atoms with van der Waals surface area (Å²) < 4.78 is 0. The van der Waals surface area contributed by atoms with E-state index in [2.05, 4.69) is 36.4 Å². The van der Waals surface area contributed by atoms with E-state index in [1.165, 1.54) is 30.7 Å². The van der Waals surface area contributed by atoms with Gasteiger partial charge in [-0.2, -0.15) is 0 Å². The molecule has 0 radical (unpaired) electrons. The first-order valence-corrected chi connectivity index (χ1v) is 15.5. The number of likely N-dealkylation sites (tertiary alicyclic amines) is 1. The van der Waals surface area contributed by atoms with Gasteiger partial charge in [0, 0.05) is 74.1 Å². The molecule has 4 heterocycles. The van der Waals surface area contributed by atoms with Gasteiger partial charge in [0.25, 0.3) is 0 Å². The maximum absolute atomic E-state index is 13.2. The van der Waals surface area contributed by atoms with Crippen molar-refractivity contribution in [1.82, 2.24) is 25.1 Å². The minimum atomic E-state index is -0.0246. The minimum absolute atomic E-state index is 0.00887. The third-order valence-corrected chi connectivity index (χ3v) is 9.45. The second-order valence-corrected chi connectivity index (χ2v) is 12.1. The predicted molar refractivity (Wildman–Crippen MR) is 156 cm³/mol. The maximum Gasteiger partial charge on any atom is 0.222 e. The number of carbonyl (C=O) groups excluding carboxylic acids is 1. The van der Waals surface area contributed by atoms with Crippen molar-refractivity contribution in [2.24, 2.45) is 0 Å². The lowest BCUT2D eigenvalue weighted by Crippen LogP contribution is -2.38. The Morgan fingerprint density at radius 1 is 1.08 bits per heavy atom. The average molecular weight is 549 g/mol. The number of nitrogens with zero attached hydrogens (tertiary/aromatic N) is 5. The van der Waals surface area contributed by atoms with Gasteiger partial charge in [0.2, 0.25) is 5.91 Å². The summed E-state index contributed by atoms with van der Waals surface area (Å²) in [5.41, 5.74) is 3.95. The van der Waals surface area contributed by atoms with Crippen LogP contribution in [-0.2, 0) is 11.4 Å². The number of carbonyl (C=O) groups is 1. The molecule has 2 saturated heterocycles. The molecule has 0 spiro atoms. The Morgan fingerprint density at radius 3 is 2.77 bits per heavy atom. The van der Waals surface area contributed by atoms with Crippen LogP contribution in [0.25, 0.3) is 10.9 Å². The molecule has 6 rings (SSSR count). The smallest absolute Gasteiger partial charge is 0.222 e. The van der Waals surface area contributed by atoms with Crippen molar-refractivity contribution in [3.63, 3.8) is 0 Å². The van der Waals surface area contributed by atoms with Gasteiger partial charge in [-0.25, -0.2) is 4.98 Å². The summed E-state index contributed by atoms with van der Waals surface area (Å²) in [6, 6.07) is 8.07. The number of aliphatic hydroxyl groups is 1. The van der Waals surface area contributed by atoms with E-state index in [-0.39, 0.29) is 18.6 Å². The van der Waals surface area contributed by atoms with Crippen molar-refractivity contribution in [1.29, 1.82) is 0 Å². The number of anilines is 1. The van der Waals surface area contributed by atoms with Crippen LogP contribution in [0.5, 0.6) is 0 Å². The predicted octanol–water partition coefficient (Wildman–Crippen LogP) is 3.92. The number of hydrogen-bond acceptors (Lipinski definition) is 8. The summed E-state index contributed by atoms with van der Waals surface area (Å²) in [6.07, 6.45) is 8.24. The van der Waals surface area contributed by atoms with E-state index in [9.17, 15) is 9.90 Å². The van der Waals surface area contributed by atoms with Gasteiger partial charge in [0.05, 0.1) is 34.6 Å². The molecule has 208 valence electrons. The fourth-order valence-electron chi connectivity index (χ4n) is 6.12. The zero-order chi connectivity index (χ0) is 26.6. The van der Waals surface area contributed by atoms with E-state index in [4.69, 9.17) is 4.98 Å². The number of thiazole rings is 1. The Balaban J connectivity index is 1.18. The molecule has 2 aromatic heterocycles. The van der Waals surface area contributed by atoms with Gasteiger partial charge in [-0.15, -0.1) is 11.3 Å². The molecule has 9 heteroatoms. The van der Waals surface area contributed by atoms with Crippen LogP contribution in [0.4, 0.5) is 5.69 Å². The Labute approximate surface area is 235 Å². The molecular formula is C30H40N6O2S. The van der Waals surface area contributed by atoms with Gasteiger partial charge in [0.15, 0.2) is 0 Å². The van der Waals surface area contributed by atoms with Crippen molar-refractivity contribution in [3.05, 3.63) is 52.1 Å². The van der Waals surface area contributed by atoms with E-state index < -0.39 is 0 Å². The first kappa shape index (κ1) is 26.6. The number of rotatable bonds is 10. The molecule has 3 aromatic rings. The number of fused-ring (bicyclic) bond motifs is 1. The topological polar surface area (TPSA) is 84.8 Å². The lowest BCUT2D eigenvalue weighted by Gasteiger charge is -2.30. The number of benzene rings is 1. The monoisotopic (exact) mass is 548 g/mol. The van der Waals surface area contributed by atoms with Crippen molar-refractivity contribution in [3.8, 4) is 0 Å². The van der Waals surface area contributed by atoms with E-state index in [1.807, 2.05) is 24.4 Å². The fraction of sp³-hybridized carbons (Fsp3) is 0.567. The third kappa shape index (κ3) is 6.27. The van der Waals surface area contributed by atoms with Crippen LogP contribution >= 0.6 is 11.3 Å². The molecule has 1 aromatic carbocycles. The highest BCUT2D eigenvalue weighted by Crippen LogP contribution is 2.42. The zero-order valence-corrected chi connectivity index (χ0v) is 23.5. The normalized spacial score (nSPS) is 19.9. The summed E-state index contributed by atoms with van der Waals surface area (Å²) >= 11 is 1.76. The Kier molecular flexibility index (Phi) is 8.39. The number of hydrogen-bond donors (Lipinski definition) is 2. The minimum Gasteiger partial charge on any atom is -0.392 e. The summed E-state index contributed by atoms with van der Waals surface area (Å²) in [5, 5.41) is 17.8. The Morgan fingerprint density at radius 2 is 1.95 bits per heavy atom. The molecule has 1 atom stereocenters. The van der Waals surface area contributed by atoms with Crippen LogP contribution in [0.3, 0.4) is 0 Å². The summed E-state index contributed by atoms with van der Waals surface area (Å²) in [7, 11) is 0. The molecular weight excluding hydrogens is 508 g/mol. The van der Waals surface area contributed by atoms with Gasteiger partial charge in [0.1, 0.15) is 0 Å². The highest BCUT2D eigenvalue weighted by molar-refractivity contribution is 7.09. The molecule has 1 amide bonds. The van der Waals surface area contributed by atoms with Crippen LogP contribution in [0.1, 0.15) is 66.7 Å². The molecule has 1 saturated carbocycles. The molecule has 2 N–H and O–H groups in total. The largest absolute Gasteiger partial charge is 0.392 e. The second-order valence-electron chi connectivity index (χ2n) is 11.2. The highest BCUT2D eigenvalue weighted by atomic mass is 32.1. The molecule has 1 aliphatic carbocycles. The van der Waals surface area contributed by atoms with E-state index >= 15 is 0 Å². The SMILES string of the molecule is O=C(CC(c1csc(C2CC2)n1)N1CCCN(c2c(CO)ccc3cccnc23)CC1)NCCN1CCCC1. The molecule has 3 aliphatic rings. The highest BCUT2D eigenvalue weighted by Gasteiger charge is 2.32. The Hall–Kier alpha value is -2.59. The summed E-state index contributed by atoms with van der Waals surface area (Å²) in [5.74, 6) is 0.733. The quantitative estimate of drug-likeness (QED) is 0.397. The number of aliphatic hydroxyl groups excluding tert-OH is 1. The van der Waals surface area contributed by atoms with Gasteiger partial charge in [-0.05, 0) is 51.3 Å².